The summed E-state index contributed by atoms with van der Waals surface area (Å²) >= 11 is 0. The minimum atomic E-state index is 0.0839. The normalized spacial score (nSPS) is 15.3. The van der Waals surface area contributed by atoms with Crippen LogP contribution in [0.5, 0.6) is 0 Å². The fourth-order valence-corrected chi connectivity index (χ4v) is 1.59. The molecular weight excluding hydrogens is 176 g/mol. The maximum absolute atomic E-state index is 11.3. The molecule has 0 N–H and O–H groups in total. The highest BCUT2D eigenvalue weighted by Gasteiger charge is 2.28. The molecule has 3 nitrogen and oxygen atoms in total. The van der Waals surface area contributed by atoms with E-state index in [1.165, 1.54) is 12.8 Å². The summed E-state index contributed by atoms with van der Waals surface area (Å²) in [5.74, 6) is 0.906. The molecule has 1 heterocycles. The van der Waals surface area contributed by atoms with Crippen molar-refractivity contribution in [2.75, 3.05) is 11.9 Å². The second kappa shape index (κ2) is 3.40. The summed E-state index contributed by atoms with van der Waals surface area (Å²) in [5, 5.41) is 0. The molecule has 1 aromatic heterocycles. The van der Waals surface area contributed by atoms with Crippen molar-refractivity contribution < 1.29 is 4.79 Å². The largest absolute Gasteiger partial charge is 0.356 e. The molecule has 1 aliphatic carbocycles. The Hall–Kier alpha value is -1.38. The zero-order valence-electron chi connectivity index (χ0n) is 8.53. The third-order valence-electron chi connectivity index (χ3n) is 2.59. The van der Waals surface area contributed by atoms with Crippen molar-refractivity contribution in [3.8, 4) is 0 Å². The molecule has 1 aliphatic rings. The SMILES string of the molecule is CC(=O)c1cccnc1N(C)C1CC1. The molecule has 0 radical (unpaired) electrons. The van der Waals surface area contributed by atoms with Crippen LogP contribution in [0, 0.1) is 0 Å². The van der Waals surface area contributed by atoms with E-state index in [4.69, 9.17) is 0 Å². The lowest BCUT2D eigenvalue weighted by atomic mass is 10.2. The first-order chi connectivity index (χ1) is 6.70. The van der Waals surface area contributed by atoms with Crippen molar-refractivity contribution in [1.29, 1.82) is 0 Å². The number of hydrogen-bond acceptors (Lipinski definition) is 3. The van der Waals surface area contributed by atoms with E-state index in [0.717, 1.165) is 11.4 Å². The Balaban J connectivity index is 2.34. The molecule has 0 amide bonds. The Bertz CT molecular complexity index is 358. The van der Waals surface area contributed by atoms with Gasteiger partial charge in [0.2, 0.25) is 0 Å². The number of aromatic nitrogens is 1. The van der Waals surface area contributed by atoms with Crippen molar-refractivity contribution in [1.82, 2.24) is 4.98 Å². The van der Waals surface area contributed by atoms with Crippen LogP contribution >= 0.6 is 0 Å². The number of rotatable bonds is 3. The zero-order chi connectivity index (χ0) is 10.1. The van der Waals surface area contributed by atoms with Crippen molar-refractivity contribution in [3.05, 3.63) is 23.9 Å². The molecule has 3 heteroatoms. The maximum Gasteiger partial charge on any atom is 0.163 e. The lowest BCUT2D eigenvalue weighted by molar-refractivity contribution is 0.101. The average molecular weight is 190 g/mol. The molecule has 0 bridgehead atoms. The average Bonchev–Trinajstić information content (AvgIpc) is 3.00. The number of ketones is 1. The molecule has 0 aromatic carbocycles. The number of nitrogens with zero attached hydrogens (tertiary/aromatic N) is 2. The van der Waals surface area contributed by atoms with Crippen LogP contribution in [0.25, 0.3) is 0 Å². The molecule has 0 saturated heterocycles. The molecule has 1 fully saturated rings. The smallest absolute Gasteiger partial charge is 0.163 e. The summed E-state index contributed by atoms with van der Waals surface area (Å²) in [6, 6.07) is 4.23. The standard InChI is InChI=1S/C11H14N2O/c1-8(14)10-4-3-7-12-11(10)13(2)9-5-6-9/h3-4,7,9H,5-6H2,1-2H3. The fraction of sp³-hybridized carbons (Fsp3) is 0.455. The molecule has 1 aromatic rings. The van der Waals surface area contributed by atoms with Gasteiger partial charge in [-0.15, -0.1) is 0 Å². The molecule has 1 saturated carbocycles. The van der Waals surface area contributed by atoms with Crippen molar-refractivity contribution in [2.45, 2.75) is 25.8 Å². The number of carbonyl (C=O) groups is 1. The van der Waals surface area contributed by atoms with Crippen molar-refractivity contribution in [3.63, 3.8) is 0 Å². The van der Waals surface area contributed by atoms with Gasteiger partial charge in [0.25, 0.3) is 0 Å². The van der Waals surface area contributed by atoms with Gasteiger partial charge < -0.3 is 4.90 Å². The minimum Gasteiger partial charge on any atom is -0.356 e. The summed E-state index contributed by atoms with van der Waals surface area (Å²) < 4.78 is 0. The van der Waals surface area contributed by atoms with E-state index in [1.54, 1.807) is 19.2 Å². The van der Waals surface area contributed by atoms with Gasteiger partial charge in [-0.3, -0.25) is 4.79 Å². The second-order valence-electron chi connectivity index (χ2n) is 3.77. The Morgan fingerprint density at radius 3 is 2.86 bits per heavy atom. The lowest BCUT2D eigenvalue weighted by Crippen LogP contribution is -2.22. The van der Waals surface area contributed by atoms with Crippen molar-refractivity contribution >= 4 is 11.6 Å². The van der Waals surface area contributed by atoms with E-state index >= 15 is 0 Å². The van der Waals surface area contributed by atoms with Gasteiger partial charge in [0.15, 0.2) is 5.78 Å². The third kappa shape index (κ3) is 1.62. The van der Waals surface area contributed by atoms with Crippen LogP contribution in [-0.2, 0) is 0 Å². The Morgan fingerprint density at radius 1 is 1.57 bits per heavy atom. The van der Waals surface area contributed by atoms with E-state index < -0.39 is 0 Å². The maximum atomic E-state index is 11.3. The Morgan fingerprint density at radius 2 is 2.29 bits per heavy atom. The molecule has 0 unspecified atom stereocenters. The summed E-state index contributed by atoms with van der Waals surface area (Å²) in [6.07, 6.45) is 4.16. The molecule has 0 spiro atoms. The van der Waals surface area contributed by atoms with Gasteiger partial charge in [-0.2, -0.15) is 0 Å². The van der Waals surface area contributed by atoms with E-state index in [9.17, 15) is 4.79 Å². The van der Waals surface area contributed by atoms with E-state index in [1.807, 2.05) is 13.1 Å². The van der Waals surface area contributed by atoms with E-state index in [-0.39, 0.29) is 5.78 Å². The predicted octanol–water partition coefficient (Wildman–Crippen LogP) is 1.88. The first-order valence-corrected chi connectivity index (χ1v) is 4.89. The van der Waals surface area contributed by atoms with Gasteiger partial charge in [-0.1, -0.05) is 0 Å². The third-order valence-corrected chi connectivity index (χ3v) is 2.59. The predicted molar refractivity (Wildman–Crippen MR) is 55.7 cm³/mol. The van der Waals surface area contributed by atoms with Crippen LogP contribution < -0.4 is 4.90 Å². The van der Waals surface area contributed by atoms with Gasteiger partial charge in [-0.25, -0.2) is 4.98 Å². The number of Topliss-reactive ketones (excluding diaryl/α,β-unsaturated/α-hetero) is 1. The number of pyridine rings is 1. The van der Waals surface area contributed by atoms with Crippen LogP contribution in [0.3, 0.4) is 0 Å². The second-order valence-corrected chi connectivity index (χ2v) is 3.77. The highest BCUT2D eigenvalue weighted by Crippen LogP contribution is 2.30. The summed E-state index contributed by atoms with van der Waals surface area (Å²) in [7, 11) is 2.01. The highest BCUT2D eigenvalue weighted by atomic mass is 16.1. The monoisotopic (exact) mass is 190 g/mol. The molecule has 74 valence electrons. The number of anilines is 1. The zero-order valence-corrected chi connectivity index (χ0v) is 8.53. The summed E-state index contributed by atoms with van der Waals surface area (Å²) in [5.41, 5.74) is 0.724. The first-order valence-electron chi connectivity index (χ1n) is 4.89. The lowest BCUT2D eigenvalue weighted by Gasteiger charge is -2.19. The molecular formula is C11H14N2O. The summed E-state index contributed by atoms with van der Waals surface area (Å²) in [4.78, 5) is 17.7. The van der Waals surface area contributed by atoms with Gasteiger partial charge >= 0.3 is 0 Å². The van der Waals surface area contributed by atoms with Crippen molar-refractivity contribution in [2.24, 2.45) is 0 Å². The van der Waals surface area contributed by atoms with E-state index in [0.29, 0.717) is 6.04 Å². The highest BCUT2D eigenvalue weighted by molar-refractivity contribution is 5.98. The van der Waals surface area contributed by atoms with Crippen LogP contribution in [0.4, 0.5) is 5.82 Å². The molecule has 2 rings (SSSR count). The van der Waals surface area contributed by atoms with Gasteiger partial charge in [0.1, 0.15) is 5.82 Å². The van der Waals surface area contributed by atoms with E-state index in [2.05, 4.69) is 9.88 Å². The van der Waals surface area contributed by atoms with Gasteiger partial charge in [0.05, 0.1) is 5.56 Å². The van der Waals surface area contributed by atoms with Crippen LogP contribution in [-0.4, -0.2) is 23.9 Å². The molecule has 0 atom stereocenters. The minimum absolute atomic E-state index is 0.0839. The number of hydrogen-bond donors (Lipinski definition) is 0. The quantitative estimate of drug-likeness (QED) is 0.682. The number of carbonyl (C=O) groups excluding carboxylic acids is 1. The molecule has 14 heavy (non-hydrogen) atoms. The van der Waals surface area contributed by atoms with Gasteiger partial charge in [-0.05, 0) is 31.9 Å². The van der Waals surface area contributed by atoms with Crippen LogP contribution in [0.2, 0.25) is 0 Å². The first kappa shape index (κ1) is 9.19. The van der Waals surface area contributed by atoms with Crippen LogP contribution in [0.15, 0.2) is 18.3 Å². The van der Waals surface area contributed by atoms with Crippen LogP contribution in [0.1, 0.15) is 30.1 Å². The Kier molecular flexibility index (Phi) is 2.23. The summed E-state index contributed by atoms with van der Waals surface area (Å²) in [6.45, 7) is 1.58. The fourth-order valence-electron chi connectivity index (χ4n) is 1.59. The Labute approximate surface area is 83.8 Å². The molecule has 0 aliphatic heterocycles. The topological polar surface area (TPSA) is 33.2 Å². The van der Waals surface area contributed by atoms with Gasteiger partial charge in [0, 0.05) is 19.3 Å².